The van der Waals surface area contributed by atoms with Crippen molar-refractivity contribution in [3.05, 3.63) is 29.8 Å². The van der Waals surface area contributed by atoms with E-state index in [1.807, 2.05) is 0 Å². The zero-order chi connectivity index (χ0) is 20.6. The summed E-state index contributed by atoms with van der Waals surface area (Å²) in [5.41, 5.74) is -0.832. The van der Waals surface area contributed by atoms with Gasteiger partial charge in [0.15, 0.2) is 6.10 Å². The number of amides is 2. The zero-order valence-electron chi connectivity index (χ0n) is 15.7. The fourth-order valence-corrected chi connectivity index (χ4v) is 1.87. The van der Waals surface area contributed by atoms with Gasteiger partial charge in [0, 0.05) is 19.0 Å². The summed E-state index contributed by atoms with van der Waals surface area (Å²) in [5, 5.41) is 4.71. The smallest absolute Gasteiger partial charge is 0.407 e. The lowest BCUT2D eigenvalue weighted by Crippen LogP contribution is -2.33. The Balaban J connectivity index is 2.33. The largest absolute Gasteiger partial charge is 0.453 e. The second-order valence-electron chi connectivity index (χ2n) is 6.78. The number of rotatable bonds is 7. The molecule has 0 radical (unpaired) electrons. The van der Waals surface area contributed by atoms with Crippen molar-refractivity contribution in [3.63, 3.8) is 0 Å². The Morgan fingerprint density at radius 2 is 1.85 bits per heavy atom. The summed E-state index contributed by atoms with van der Waals surface area (Å²) >= 11 is 0. The van der Waals surface area contributed by atoms with Crippen molar-refractivity contribution in [3.8, 4) is 0 Å². The van der Waals surface area contributed by atoms with E-state index < -0.39 is 41.3 Å². The molecule has 150 valence electrons. The molecule has 0 unspecified atom stereocenters. The van der Waals surface area contributed by atoms with Crippen LogP contribution in [0.4, 0.5) is 19.3 Å². The first-order chi connectivity index (χ1) is 12.5. The third-order valence-corrected chi connectivity index (χ3v) is 3.09. The van der Waals surface area contributed by atoms with E-state index in [1.54, 1.807) is 20.8 Å². The van der Waals surface area contributed by atoms with Crippen LogP contribution in [0, 0.1) is 11.6 Å². The Kier molecular flexibility index (Phi) is 8.14. The lowest BCUT2D eigenvalue weighted by Gasteiger charge is -2.19. The minimum Gasteiger partial charge on any atom is -0.453 e. The number of hydrogen-bond donors (Lipinski definition) is 2. The van der Waals surface area contributed by atoms with Crippen LogP contribution in [0.1, 0.15) is 40.5 Å². The summed E-state index contributed by atoms with van der Waals surface area (Å²) in [5.74, 6) is -3.11. The number of benzene rings is 1. The summed E-state index contributed by atoms with van der Waals surface area (Å²) in [6, 6.07) is 2.69. The average Bonchev–Trinajstić information content (AvgIpc) is 2.52. The van der Waals surface area contributed by atoms with Crippen LogP contribution in [0.15, 0.2) is 18.2 Å². The third-order valence-electron chi connectivity index (χ3n) is 3.09. The van der Waals surface area contributed by atoms with E-state index in [0.29, 0.717) is 12.5 Å². The summed E-state index contributed by atoms with van der Waals surface area (Å²) in [7, 11) is 0. The monoisotopic (exact) mass is 386 g/mol. The van der Waals surface area contributed by atoms with E-state index in [-0.39, 0.29) is 18.7 Å². The van der Waals surface area contributed by atoms with Crippen LogP contribution in [0.5, 0.6) is 0 Å². The molecule has 1 rings (SSSR count). The number of halogens is 2. The summed E-state index contributed by atoms with van der Waals surface area (Å²) < 4.78 is 36.3. The van der Waals surface area contributed by atoms with Crippen molar-refractivity contribution < 1.29 is 32.6 Å². The van der Waals surface area contributed by atoms with Crippen LogP contribution in [-0.4, -0.2) is 36.2 Å². The van der Waals surface area contributed by atoms with Crippen molar-refractivity contribution in [2.24, 2.45) is 0 Å². The van der Waals surface area contributed by atoms with Gasteiger partial charge in [-0.2, -0.15) is 0 Å². The minimum absolute atomic E-state index is 0.0294. The molecule has 0 aromatic heterocycles. The van der Waals surface area contributed by atoms with Gasteiger partial charge < -0.3 is 20.1 Å². The lowest BCUT2D eigenvalue weighted by atomic mass is 10.2. The van der Waals surface area contributed by atoms with Crippen LogP contribution in [0.3, 0.4) is 0 Å². The van der Waals surface area contributed by atoms with Gasteiger partial charge in [-0.15, -0.1) is 0 Å². The number of carbonyl (C=O) groups is 3. The Hall–Kier alpha value is -2.71. The van der Waals surface area contributed by atoms with Gasteiger partial charge in [0.2, 0.25) is 0 Å². The molecule has 27 heavy (non-hydrogen) atoms. The highest BCUT2D eigenvalue weighted by atomic mass is 19.1. The van der Waals surface area contributed by atoms with Gasteiger partial charge >= 0.3 is 12.1 Å². The van der Waals surface area contributed by atoms with Crippen LogP contribution < -0.4 is 10.6 Å². The molecule has 9 heteroatoms. The molecule has 1 atom stereocenters. The maximum Gasteiger partial charge on any atom is 0.407 e. The van der Waals surface area contributed by atoms with Crippen molar-refractivity contribution in [1.29, 1.82) is 0 Å². The predicted molar refractivity (Wildman–Crippen MR) is 94.0 cm³/mol. The average molecular weight is 386 g/mol. The highest BCUT2D eigenvalue weighted by Gasteiger charge is 2.19. The first kappa shape index (κ1) is 22.3. The molecule has 0 aliphatic rings. The van der Waals surface area contributed by atoms with Gasteiger partial charge in [0.05, 0.1) is 5.69 Å². The Morgan fingerprint density at radius 1 is 1.19 bits per heavy atom. The Bertz CT molecular complexity index is 689. The van der Waals surface area contributed by atoms with E-state index >= 15 is 0 Å². The molecular weight excluding hydrogens is 362 g/mol. The van der Waals surface area contributed by atoms with Crippen LogP contribution in [0.25, 0.3) is 0 Å². The molecule has 0 fully saturated rings. The molecule has 1 aromatic carbocycles. The molecular formula is C18H24F2N2O5. The topological polar surface area (TPSA) is 93.7 Å². The van der Waals surface area contributed by atoms with E-state index in [4.69, 9.17) is 9.47 Å². The second kappa shape index (κ2) is 9.84. The molecule has 0 aliphatic heterocycles. The van der Waals surface area contributed by atoms with Gasteiger partial charge in [0.25, 0.3) is 5.91 Å². The number of anilines is 1. The quantitative estimate of drug-likeness (QED) is 0.555. The molecule has 1 aromatic rings. The lowest BCUT2D eigenvalue weighted by molar-refractivity contribution is -0.153. The number of carbonyl (C=O) groups excluding carboxylic acids is 3. The molecule has 0 spiro atoms. The highest BCUT2D eigenvalue weighted by molar-refractivity contribution is 5.95. The van der Waals surface area contributed by atoms with Gasteiger partial charge in [-0.3, -0.25) is 9.59 Å². The van der Waals surface area contributed by atoms with E-state index in [9.17, 15) is 23.2 Å². The SMILES string of the molecule is C[C@@H](OC(=O)CCCNC(=O)OC(C)(C)C)C(=O)Nc1ccc(F)cc1F. The number of nitrogens with one attached hydrogen (secondary N) is 2. The summed E-state index contributed by atoms with van der Waals surface area (Å²) in [6.07, 6.45) is -1.50. The molecule has 0 bridgehead atoms. The molecule has 0 heterocycles. The number of esters is 1. The Morgan fingerprint density at radius 3 is 2.44 bits per heavy atom. The van der Waals surface area contributed by atoms with Gasteiger partial charge in [-0.1, -0.05) is 0 Å². The minimum atomic E-state index is -1.17. The molecule has 7 nitrogen and oxygen atoms in total. The number of ether oxygens (including phenoxy) is 2. The normalized spacial score (nSPS) is 12.1. The van der Waals surface area contributed by atoms with Crippen LogP contribution in [-0.2, 0) is 19.1 Å². The fraction of sp³-hybridized carbons (Fsp3) is 0.500. The second-order valence-corrected chi connectivity index (χ2v) is 6.78. The maximum atomic E-state index is 13.5. The van der Waals surface area contributed by atoms with Crippen molar-refractivity contribution in [2.45, 2.75) is 52.2 Å². The molecule has 0 saturated heterocycles. The maximum absolute atomic E-state index is 13.5. The molecule has 0 saturated carbocycles. The first-order valence-corrected chi connectivity index (χ1v) is 8.40. The third kappa shape index (κ3) is 8.98. The predicted octanol–water partition coefficient (Wildman–Crippen LogP) is 3.14. The summed E-state index contributed by atoms with van der Waals surface area (Å²) in [4.78, 5) is 35.1. The summed E-state index contributed by atoms with van der Waals surface area (Å²) in [6.45, 7) is 6.72. The van der Waals surface area contributed by atoms with E-state index in [1.165, 1.54) is 6.92 Å². The van der Waals surface area contributed by atoms with Gasteiger partial charge in [-0.05, 0) is 46.2 Å². The van der Waals surface area contributed by atoms with E-state index in [2.05, 4.69) is 10.6 Å². The first-order valence-electron chi connectivity index (χ1n) is 8.40. The number of alkyl carbamates (subject to hydrolysis) is 1. The van der Waals surface area contributed by atoms with Crippen molar-refractivity contribution in [1.82, 2.24) is 5.32 Å². The number of hydrogen-bond acceptors (Lipinski definition) is 5. The molecule has 0 aliphatic carbocycles. The fourth-order valence-electron chi connectivity index (χ4n) is 1.87. The van der Waals surface area contributed by atoms with Crippen molar-refractivity contribution in [2.75, 3.05) is 11.9 Å². The van der Waals surface area contributed by atoms with Crippen molar-refractivity contribution >= 4 is 23.7 Å². The highest BCUT2D eigenvalue weighted by Crippen LogP contribution is 2.15. The van der Waals surface area contributed by atoms with Gasteiger partial charge in [-0.25, -0.2) is 13.6 Å². The molecule has 2 N–H and O–H groups in total. The van der Waals surface area contributed by atoms with Crippen LogP contribution in [0.2, 0.25) is 0 Å². The van der Waals surface area contributed by atoms with Crippen LogP contribution >= 0.6 is 0 Å². The van der Waals surface area contributed by atoms with Gasteiger partial charge in [0.1, 0.15) is 17.2 Å². The standard InChI is InChI=1S/C18H24F2N2O5/c1-11(16(24)22-14-8-7-12(19)10-13(14)20)26-15(23)6-5-9-21-17(25)27-18(2,3)4/h7-8,10-11H,5-6,9H2,1-4H3,(H,21,25)(H,22,24)/t11-/m1/s1. The zero-order valence-corrected chi connectivity index (χ0v) is 15.7. The van der Waals surface area contributed by atoms with E-state index in [0.717, 1.165) is 12.1 Å². The molecule has 2 amide bonds. The Labute approximate surface area is 156 Å².